The van der Waals surface area contributed by atoms with E-state index in [1.807, 2.05) is 0 Å². The second-order valence-electron chi connectivity index (χ2n) is 6.76. The lowest BCUT2D eigenvalue weighted by molar-refractivity contribution is -0.132. The topological polar surface area (TPSA) is 80.0 Å². The lowest BCUT2D eigenvalue weighted by Crippen LogP contribution is -2.29. The summed E-state index contributed by atoms with van der Waals surface area (Å²) in [6.45, 7) is 0. The predicted octanol–water partition coefficient (Wildman–Crippen LogP) is 5.50. The number of Topliss-reactive ketones (excluding diaryl/α,β-unsaturated/α-hetero) is 1. The van der Waals surface area contributed by atoms with Crippen LogP contribution in [0.4, 0.5) is 14.5 Å². The van der Waals surface area contributed by atoms with E-state index < -0.39 is 35.1 Å². The summed E-state index contributed by atoms with van der Waals surface area (Å²) in [4.78, 5) is 26.8. The van der Waals surface area contributed by atoms with E-state index in [-0.39, 0.29) is 38.4 Å². The Morgan fingerprint density at radius 1 is 1.09 bits per heavy atom. The maximum atomic E-state index is 13.9. The number of ketones is 1. The Hall–Kier alpha value is -3.36. The van der Waals surface area contributed by atoms with Gasteiger partial charge in [-0.3, -0.25) is 14.5 Å². The third-order valence-electron chi connectivity index (χ3n) is 4.91. The molecular formula is C22H13Cl2F2NO5. The van der Waals surface area contributed by atoms with Crippen LogP contribution in [-0.4, -0.2) is 23.9 Å². The number of furan rings is 1. The second kappa shape index (κ2) is 8.29. The number of carbonyl (C=O) groups excluding carboxylic acids is 2. The van der Waals surface area contributed by atoms with Gasteiger partial charge in [-0.05, 0) is 36.4 Å². The van der Waals surface area contributed by atoms with E-state index in [1.165, 1.54) is 37.6 Å². The molecular weight excluding hydrogens is 467 g/mol. The fourth-order valence-electron chi connectivity index (χ4n) is 3.50. The molecule has 1 aliphatic rings. The van der Waals surface area contributed by atoms with E-state index in [9.17, 15) is 23.5 Å². The van der Waals surface area contributed by atoms with Crippen LogP contribution in [0.3, 0.4) is 0 Å². The number of hydrogen-bond donors (Lipinski definition) is 1. The minimum atomic E-state index is -1.26. The van der Waals surface area contributed by atoms with Crippen molar-refractivity contribution >= 4 is 46.3 Å². The van der Waals surface area contributed by atoms with Crippen LogP contribution in [0.1, 0.15) is 17.4 Å². The molecule has 0 aliphatic carbocycles. The minimum absolute atomic E-state index is 0.0423. The Bertz CT molecular complexity index is 1250. The van der Waals surface area contributed by atoms with Crippen molar-refractivity contribution in [3.63, 3.8) is 0 Å². The first-order chi connectivity index (χ1) is 15.2. The monoisotopic (exact) mass is 479 g/mol. The number of methoxy groups -OCH3 is 1. The molecule has 1 fully saturated rings. The van der Waals surface area contributed by atoms with E-state index in [1.54, 1.807) is 0 Å². The highest BCUT2D eigenvalue weighted by Gasteiger charge is 2.48. The summed E-state index contributed by atoms with van der Waals surface area (Å²) in [6.07, 6.45) is 1.31. The molecule has 1 saturated heterocycles. The molecule has 10 heteroatoms. The number of carbonyl (C=O) groups is 2. The molecule has 1 atom stereocenters. The Labute approximate surface area is 190 Å². The number of aliphatic hydroxyl groups is 1. The van der Waals surface area contributed by atoms with Gasteiger partial charge in [0.05, 0.1) is 29.0 Å². The number of nitrogens with zero attached hydrogens (tertiary/aromatic N) is 1. The van der Waals surface area contributed by atoms with E-state index in [0.717, 1.165) is 23.1 Å². The number of anilines is 1. The standard InChI is InChI=1S/C22H13Cl2F2NO5/c1-31-21-12(23)7-10(8-13(21)24)19(28)17-18(16-3-2-6-32-16)27(22(30)20(17)29)11-4-5-14(25)15(26)9-11/h2-9,18,28H,1H3/b19-17-. The molecule has 2 aromatic carbocycles. The number of ether oxygens (including phenoxy) is 1. The second-order valence-corrected chi connectivity index (χ2v) is 7.57. The van der Waals surface area contributed by atoms with Gasteiger partial charge in [0.15, 0.2) is 17.4 Å². The number of hydrogen-bond acceptors (Lipinski definition) is 5. The molecule has 6 nitrogen and oxygen atoms in total. The Morgan fingerprint density at radius 2 is 1.78 bits per heavy atom. The van der Waals surface area contributed by atoms with Crippen molar-refractivity contribution in [3.05, 3.63) is 87.3 Å². The average Bonchev–Trinajstić information content (AvgIpc) is 3.36. The lowest BCUT2D eigenvalue weighted by atomic mass is 9.99. The van der Waals surface area contributed by atoms with Crippen LogP contribution in [0, 0.1) is 11.6 Å². The van der Waals surface area contributed by atoms with Gasteiger partial charge in [0.1, 0.15) is 17.6 Å². The summed E-state index contributed by atoms with van der Waals surface area (Å²) in [6, 6.07) is 7.10. The van der Waals surface area contributed by atoms with Gasteiger partial charge in [0, 0.05) is 17.3 Å². The Balaban J connectivity index is 1.94. The molecule has 0 saturated carbocycles. The summed E-state index contributed by atoms with van der Waals surface area (Å²) < 4.78 is 37.8. The molecule has 0 spiro atoms. The molecule has 32 heavy (non-hydrogen) atoms. The maximum Gasteiger partial charge on any atom is 0.300 e. The van der Waals surface area contributed by atoms with Crippen molar-refractivity contribution < 1.29 is 32.6 Å². The maximum absolute atomic E-state index is 13.9. The van der Waals surface area contributed by atoms with Gasteiger partial charge in [-0.2, -0.15) is 0 Å². The number of halogens is 4. The molecule has 1 aliphatic heterocycles. The van der Waals surface area contributed by atoms with Crippen LogP contribution in [0.15, 0.2) is 58.7 Å². The first-order valence-electron chi connectivity index (χ1n) is 9.07. The van der Waals surface area contributed by atoms with Crippen molar-refractivity contribution in [2.45, 2.75) is 6.04 Å². The molecule has 3 aromatic rings. The van der Waals surface area contributed by atoms with Crippen LogP contribution in [0.25, 0.3) is 5.76 Å². The zero-order chi connectivity index (χ0) is 23.2. The molecule has 0 bridgehead atoms. The van der Waals surface area contributed by atoms with Crippen molar-refractivity contribution in [1.29, 1.82) is 0 Å². The Kier molecular flexibility index (Phi) is 5.66. The fraction of sp³-hybridized carbons (Fsp3) is 0.0909. The summed E-state index contributed by atoms with van der Waals surface area (Å²) in [7, 11) is 1.36. The van der Waals surface area contributed by atoms with Crippen molar-refractivity contribution in [3.8, 4) is 5.75 Å². The van der Waals surface area contributed by atoms with E-state index in [0.29, 0.717) is 0 Å². The van der Waals surface area contributed by atoms with Crippen LogP contribution < -0.4 is 9.64 Å². The number of aliphatic hydroxyl groups excluding tert-OH is 1. The van der Waals surface area contributed by atoms with E-state index >= 15 is 0 Å². The summed E-state index contributed by atoms with van der Waals surface area (Å²) in [5.41, 5.74) is -0.398. The highest BCUT2D eigenvalue weighted by atomic mass is 35.5. The van der Waals surface area contributed by atoms with Crippen LogP contribution >= 0.6 is 23.2 Å². The van der Waals surface area contributed by atoms with E-state index in [2.05, 4.69) is 0 Å². The summed E-state index contributed by atoms with van der Waals surface area (Å²) in [5.74, 6) is -4.77. The highest BCUT2D eigenvalue weighted by molar-refractivity contribution is 6.51. The quantitative estimate of drug-likeness (QED) is 0.303. The number of amides is 1. The van der Waals surface area contributed by atoms with Gasteiger partial charge in [0.2, 0.25) is 0 Å². The summed E-state index contributed by atoms with van der Waals surface area (Å²) >= 11 is 12.3. The van der Waals surface area contributed by atoms with Crippen LogP contribution in [-0.2, 0) is 9.59 Å². The molecule has 164 valence electrons. The van der Waals surface area contributed by atoms with Crippen molar-refractivity contribution in [1.82, 2.24) is 0 Å². The van der Waals surface area contributed by atoms with Gasteiger partial charge in [-0.1, -0.05) is 23.2 Å². The van der Waals surface area contributed by atoms with Gasteiger partial charge >= 0.3 is 0 Å². The fourth-order valence-corrected chi connectivity index (χ4v) is 4.14. The normalized spacial score (nSPS) is 17.8. The molecule has 1 aromatic heterocycles. The molecule has 1 unspecified atom stereocenters. The van der Waals surface area contributed by atoms with Crippen LogP contribution in [0.5, 0.6) is 5.75 Å². The number of benzene rings is 2. The SMILES string of the molecule is COc1c(Cl)cc(/C(O)=C2/C(=O)C(=O)N(c3ccc(F)c(F)c3)C2c2ccco2)cc1Cl. The highest BCUT2D eigenvalue weighted by Crippen LogP contribution is 2.44. The first kappa shape index (κ1) is 21.9. The average molecular weight is 480 g/mol. The smallest absolute Gasteiger partial charge is 0.300 e. The third kappa shape index (κ3) is 3.51. The molecule has 4 rings (SSSR count). The van der Waals surface area contributed by atoms with E-state index in [4.69, 9.17) is 32.4 Å². The first-order valence-corrected chi connectivity index (χ1v) is 9.83. The number of rotatable bonds is 4. The molecule has 1 amide bonds. The summed E-state index contributed by atoms with van der Waals surface area (Å²) in [5, 5.41) is 11.1. The molecule has 0 radical (unpaired) electrons. The molecule has 1 N–H and O–H groups in total. The zero-order valence-corrected chi connectivity index (χ0v) is 17.7. The van der Waals surface area contributed by atoms with Crippen molar-refractivity contribution in [2.75, 3.05) is 12.0 Å². The predicted molar refractivity (Wildman–Crippen MR) is 113 cm³/mol. The molecule has 2 heterocycles. The van der Waals surface area contributed by atoms with Crippen LogP contribution in [0.2, 0.25) is 10.0 Å². The lowest BCUT2D eigenvalue weighted by Gasteiger charge is -2.23. The van der Waals surface area contributed by atoms with Gasteiger partial charge in [0.25, 0.3) is 11.7 Å². The Morgan fingerprint density at radius 3 is 2.34 bits per heavy atom. The van der Waals surface area contributed by atoms with Gasteiger partial charge in [-0.25, -0.2) is 8.78 Å². The van der Waals surface area contributed by atoms with Crippen molar-refractivity contribution in [2.24, 2.45) is 0 Å². The largest absolute Gasteiger partial charge is 0.507 e. The van der Waals surface area contributed by atoms with Gasteiger partial charge in [-0.15, -0.1) is 0 Å². The van der Waals surface area contributed by atoms with Gasteiger partial charge < -0.3 is 14.3 Å². The minimum Gasteiger partial charge on any atom is -0.507 e. The zero-order valence-electron chi connectivity index (χ0n) is 16.2. The third-order valence-corrected chi connectivity index (χ3v) is 5.48.